The molecule has 0 unspecified atom stereocenters. The number of carboxylic acids is 2. The standard InChI is InChI=1S/C17H20N2O10/c18-10(7-15(26)27)17(29)19-11(3-4-14(24)25)16(28)9(8-21)6-13(23)12(22)2-1-5-20/h5-6,8,10-11H,1-4,7,18H2,(H,19,29)(H,24,25)(H,26,27)/b9-6-/t10-,11-/m0/s1. The third-order valence-corrected chi connectivity index (χ3v) is 3.47. The lowest BCUT2D eigenvalue weighted by molar-refractivity contribution is -0.139. The first-order valence-electron chi connectivity index (χ1n) is 8.24. The molecule has 5 N–H and O–H groups in total. The summed E-state index contributed by atoms with van der Waals surface area (Å²) in [7, 11) is 0. The van der Waals surface area contributed by atoms with Crippen molar-refractivity contribution in [2.75, 3.05) is 0 Å². The predicted molar refractivity (Wildman–Crippen MR) is 93.5 cm³/mol. The molecule has 0 aliphatic rings. The molecule has 12 nitrogen and oxygen atoms in total. The van der Waals surface area contributed by atoms with Crippen LogP contribution in [0.1, 0.15) is 32.1 Å². The summed E-state index contributed by atoms with van der Waals surface area (Å²) in [5.74, 6) is -7.23. The van der Waals surface area contributed by atoms with Gasteiger partial charge in [-0.2, -0.15) is 0 Å². The highest BCUT2D eigenvalue weighted by molar-refractivity contribution is 6.43. The summed E-state index contributed by atoms with van der Waals surface area (Å²) >= 11 is 0. The third-order valence-electron chi connectivity index (χ3n) is 3.47. The van der Waals surface area contributed by atoms with Crippen molar-refractivity contribution in [3.8, 4) is 0 Å². The van der Waals surface area contributed by atoms with Crippen molar-refractivity contribution in [3.63, 3.8) is 0 Å². The number of nitrogens with one attached hydrogen (secondary N) is 1. The fourth-order valence-corrected chi connectivity index (χ4v) is 2.00. The van der Waals surface area contributed by atoms with Crippen LogP contribution < -0.4 is 11.1 Å². The number of nitrogens with two attached hydrogens (primary N) is 1. The number of aliphatic carboxylic acids is 2. The highest BCUT2D eigenvalue weighted by atomic mass is 16.4. The quantitative estimate of drug-likeness (QED) is 0.0754. The Morgan fingerprint density at radius 3 is 2.07 bits per heavy atom. The first-order chi connectivity index (χ1) is 13.5. The van der Waals surface area contributed by atoms with Gasteiger partial charge in [0.25, 0.3) is 0 Å². The Hall–Kier alpha value is -3.54. The van der Waals surface area contributed by atoms with Crippen LogP contribution in [0, 0.1) is 0 Å². The Labute approximate surface area is 164 Å². The first kappa shape index (κ1) is 25.5. The maximum absolute atomic E-state index is 12.5. The average Bonchev–Trinajstić information content (AvgIpc) is 2.65. The molecule has 0 aliphatic carbocycles. The number of allylic oxidation sites excluding steroid dienone is 1. The zero-order valence-corrected chi connectivity index (χ0v) is 15.2. The van der Waals surface area contributed by atoms with Crippen LogP contribution in [0.3, 0.4) is 0 Å². The Morgan fingerprint density at radius 1 is 0.966 bits per heavy atom. The topological polar surface area (TPSA) is 215 Å². The van der Waals surface area contributed by atoms with E-state index in [9.17, 15) is 38.4 Å². The molecular weight excluding hydrogens is 392 g/mol. The van der Waals surface area contributed by atoms with Gasteiger partial charge in [0, 0.05) is 25.3 Å². The molecule has 0 saturated heterocycles. The van der Waals surface area contributed by atoms with Gasteiger partial charge < -0.3 is 26.1 Å². The van der Waals surface area contributed by atoms with Crippen molar-refractivity contribution in [2.24, 2.45) is 5.73 Å². The first-order valence-corrected chi connectivity index (χ1v) is 8.24. The SMILES string of the molecule is N[C@@H](CC(=O)O)C(=O)N[C@@H](CCC(=O)O)C(=O)/C(C=O)=C\C(=O)C(=O)CCC=O. The minimum absolute atomic E-state index is 0.0513. The number of carbonyl (C=O) groups excluding carboxylic acids is 6. The fraction of sp³-hybridized carbons (Fsp3) is 0.412. The van der Waals surface area contributed by atoms with E-state index in [1.54, 1.807) is 0 Å². The van der Waals surface area contributed by atoms with E-state index in [0.717, 1.165) is 0 Å². The lowest BCUT2D eigenvalue weighted by Crippen LogP contribution is -2.49. The van der Waals surface area contributed by atoms with Crippen LogP contribution in [0.15, 0.2) is 11.6 Å². The van der Waals surface area contributed by atoms with Crippen molar-refractivity contribution in [3.05, 3.63) is 11.6 Å². The molecule has 0 fully saturated rings. The van der Waals surface area contributed by atoms with Crippen molar-refractivity contribution < 1.29 is 48.6 Å². The van der Waals surface area contributed by atoms with E-state index in [1.165, 1.54) is 0 Å². The molecule has 0 radical (unpaired) electrons. The predicted octanol–water partition coefficient (Wildman–Crippen LogP) is -2.05. The number of amides is 1. The smallest absolute Gasteiger partial charge is 0.305 e. The summed E-state index contributed by atoms with van der Waals surface area (Å²) in [5, 5.41) is 19.5. The van der Waals surface area contributed by atoms with Gasteiger partial charge in [0.05, 0.1) is 24.1 Å². The summed E-state index contributed by atoms with van der Waals surface area (Å²) in [6, 6.07) is -3.16. The number of hydrogen-bond acceptors (Lipinski definition) is 9. The zero-order valence-electron chi connectivity index (χ0n) is 15.2. The van der Waals surface area contributed by atoms with E-state index in [-0.39, 0.29) is 12.7 Å². The molecule has 12 heteroatoms. The number of aldehydes is 2. The summed E-state index contributed by atoms with van der Waals surface area (Å²) in [5.41, 5.74) is 4.56. The summed E-state index contributed by atoms with van der Waals surface area (Å²) in [6.45, 7) is 0. The van der Waals surface area contributed by atoms with Gasteiger partial charge in [-0.1, -0.05) is 0 Å². The van der Waals surface area contributed by atoms with Gasteiger partial charge in [-0.15, -0.1) is 0 Å². The third kappa shape index (κ3) is 9.81. The zero-order chi connectivity index (χ0) is 22.6. The largest absolute Gasteiger partial charge is 0.481 e. The number of rotatable bonds is 15. The number of Topliss-reactive ketones (excluding diaryl/α,β-unsaturated/α-hetero) is 2. The van der Waals surface area contributed by atoms with E-state index >= 15 is 0 Å². The number of carbonyl (C=O) groups is 8. The molecule has 0 rings (SSSR count). The van der Waals surface area contributed by atoms with Crippen molar-refractivity contribution >= 4 is 47.8 Å². The monoisotopic (exact) mass is 412 g/mol. The van der Waals surface area contributed by atoms with Gasteiger partial charge >= 0.3 is 11.9 Å². The molecule has 0 saturated carbocycles. The van der Waals surface area contributed by atoms with E-state index in [4.69, 9.17) is 15.9 Å². The van der Waals surface area contributed by atoms with Crippen LogP contribution in [0.25, 0.3) is 0 Å². The Bertz CT molecular complexity index is 740. The molecule has 0 aromatic rings. The van der Waals surface area contributed by atoms with Crippen molar-refractivity contribution in [1.82, 2.24) is 5.32 Å². The summed E-state index contributed by atoms with van der Waals surface area (Å²) in [4.78, 5) is 90.5. The minimum atomic E-state index is -1.60. The van der Waals surface area contributed by atoms with Gasteiger partial charge in [0.2, 0.25) is 17.5 Å². The highest BCUT2D eigenvalue weighted by Gasteiger charge is 2.28. The molecule has 0 heterocycles. The van der Waals surface area contributed by atoms with E-state index < -0.39 is 78.5 Å². The Morgan fingerprint density at radius 2 is 1.59 bits per heavy atom. The molecule has 0 aromatic heterocycles. The lowest BCUT2D eigenvalue weighted by atomic mass is 9.98. The Kier molecular flexibility index (Phi) is 11.2. The van der Waals surface area contributed by atoms with Crippen LogP contribution in [0.4, 0.5) is 0 Å². The highest BCUT2D eigenvalue weighted by Crippen LogP contribution is 2.07. The number of hydrogen-bond donors (Lipinski definition) is 4. The van der Waals surface area contributed by atoms with Crippen LogP contribution in [-0.4, -0.2) is 70.1 Å². The van der Waals surface area contributed by atoms with Gasteiger partial charge in [-0.3, -0.25) is 33.6 Å². The van der Waals surface area contributed by atoms with Gasteiger partial charge in [-0.25, -0.2) is 0 Å². The number of carboxylic acid groups (broad SMARTS) is 2. The van der Waals surface area contributed by atoms with Crippen LogP contribution >= 0.6 is 0 Å². The van der Waals surface area contributed by atoms with Crippen molar-refractivity contribution in [1.29, 1.82) is 0 Å². The van der Waals surface area contributed by atoms with Gasteiger partial charge in [-0.05, 0) is 6.42 Å². The van der Waals surface area contributed by atoms with Gasteiger partial charge in [0.15, 0.2) is 12.1 Å². The number of ketones is 3. The molecule has 0 bridgehead atoms. The molecule has 0 aliphatic heterocycles. The second-order valence-electron chi connectivity index (χ2n) is 5.77. The minimum Gasteiger partial charge on any atom is -0.481 e. The molecule has 2 atom stereocenters. The van der Waals surface area contributed by atoms with Crippen LogP contribution in [0.5, 0.6) is 0 Å². The molecular formula is C17H20N2O10. The normalized spacial score (nSPS) is 12.9. The second-order valence-corrected chi connectivity index (χ2v) is 5.77. The molecule has 0 spiro atoms. The molecule has 29 heavy (non-hydrogen) atoms. The Balaban J connectivity index is 5.52. The average molecular weight is 412 g/mol. The summed E-state index contributed by atoms with van der Waals surface area (Å²) in [6.07, 6.45) is -1.75. The van der Waals surface area contributed by atoms with E-state index in [2.05, 4.69) is 0 Å². The van der Waals surface area contributed by atoms with E-state index in [1.807, 2.05) is 5.32 Å². The van der Waals surface area contributed by atoms with E-state index in [0.29, 0.717) is 12.4 Å². The van der Waals surface area contributed by atoms with Crippen LogP contribution in [-0.2, 0) is 38.4 Å². The lowest BCUT2D eigenvalue weighted by Gasteiger charge is -2.19. The maximum atomic E-state index is 12.5. The molecule has 158 valence electrons. The second kappa shape index (κ2) is 12.8. The van der Waals surface area contributed by atoms with Crippen molar-refractivity contribution in [2.45, 2.75) is 44.2 Å². The molecule has 1 amide bonds. The van der Waals surface area contributed by atoms with Gasteiger partial charge in [0.1, 0.15) is 6.29 Å². The van der Waals surface area contributed by atoms with Crippen LogP contribution in [0.2, 0.25) is 0 Å². The molecule has 0 aromatic carbocycles. The maximum Gasteiger partial charge on any atom is 0.305 e. The summed E-state index contributed by atoms with van der Waals surface area (Å²) < 4.78 is 0. The fourth-order valence-electron chi connectivity index (χ4n) is 2.00.